The van der Waals surface area contributed by atoms with Gasteiger partial charge in [-0.1, -0.05) is 19.8 Å². The minimum Gasteiger partial charge on any atom is -0.330 e. The topological polar surface area (TPSA) is 101 Å². The van der Waals surface area contributed by atoms with E-state index in [4.69, 9.17) is 4.84 Å². The van der Waals surface area contributed by atoms with Gasteiger partial charge in [-0.05, 0) is 12.8 Å². The summed E-state index contributed by atoms with van der Waals surface area (Å²) in [6.45, 7) is 1.91. The van der Waals surface area contributed by atoms with Gasteiger partial charge in [0.15, 0.2) is 0 Å². The first kappa shape index (κ1) is 17.8. The number of hydrogen-bond acceptors (Lipinski definition) is 6. The molecule has 0 unspecified atom stereocenters. The number of hydroxylamine groups is 2. The second kappa shape index (κ2) is 7.85. The molecule has 2 heterocycles. The quantitative estimate of drug-likeness (QED) is 0.481. The number of carbonyl (C=O) groups is 5. The van der Waals surface area contributed by atoms with Gasteiger partial charge in [0.25, 0.3) is 23.6 Å². The molecule has 130 valence electrons. The molecule has 8 heteroatoms. The molecule has 8 nitrogen and oxygen atoms in total. The van der Waals surface area contributed by atoms with Gasteiger partial charge in [-0.25, -0.2) is 4.79 Å². The van der Waals surface area contributed by atoms with Crippen LogP contribution >= 0.6 is 0 Å². The molecule has 0 radical (unpaired) electrons. The number of unbranched alkanes of at least 4 members (excludes halogenated alkanes) is 2. The lowest BCUT2D eigenvalue weighted by molar-refractivity contribution is -0.197. The summed E-state index contributed by atoms with van der Waals surface area (Å²) in [4.78, 5) is 64.1. The molecular weight excluding hydrogens is 316 g/mol. The van der Waals surface area contributed by atoms with Crippen LogP contribution in [0.5, 0.6) is 0 Å². The Bertz CT molecular complexity index is 594. The number of imide groups is 2. The second-order valence-electron chi connectivity index (χ2n) is 5.72. The van der Waals surface area contributed by atoms with Crippen molar-refractivity contribution in [1.82, 2.24) is 9.96 Å². The molecule has 1 fully saturated rings. The lowest BCUT2D eigenvalue weighted by Gasteiger charge is -2.16. The first-order valence-electron chi connectivity index (χ1n) is 8.07. The fraction of sp³-hybridized carbons (Fsp3) is 0.562. The Hall–Kier alpha value is -2.51. The third-order valence-electron chi connectivity index (χ3n) is 3.87. The van der Waals surface area contributed by atoms with Crippen LogP contribution in [0.1, 0.15) is 51.9 Å². The molecule has 2 aliphatic rings. The van der Waals surface area contributed by atoms with Crippen molar-refractivity contribution >= 4 is 29.6 Å². The highest BCUT2D eigenvalue weighted by Gasteiger charge is 2.34. The Labute approximate surface area is 139 Å². The van der Waals surface area contributed by atoms with E-state index in [-0.39, 0.29) is 25.8 Å². The van der Waals surface area contributed by atoms with Gasteiger partial charge in [0.2, 0.25) is 0 Å². The lowest BCUT2D eigenvalue weighted by Crippen LogP contribution is -2.36. The highest BCUT2D eigenvalue weighted by molar-refractivity contribution is 6.16. The maximum Gasteiger partial charge on any atom is 0.335 e. The van der Waals surface area contributed by atoms with E-state index in [9.17, 15) is 24.0 Å². The molecule has 0 aliphatic carbocycles. The molecule has 0 aromatic carbocycles. The summed E-state index contributed by atoms with van der Waals surface area (Å²) in [5.41, 5.74) is 0.451. The van der Waals surface area contributed by atoms with Gasteiger partial charge in [-0.2, -0.15) is 0 Å². The van der Waals surface area contributed by atoms with Gasteiger partial charge in [-0.15, -0.1) is 5.06 Å². The van der Waals surface area contributed by atoms with Crippen molar-refractivity contribution in [3.8, 4) is 0 Å². The Balaban J connectivity index is 1.81. The summed E-state index contributed by atoms with van der Waals surface area (Å²) >= 11 is 0. The van der Waals surface area contributed by atoms with Gasteiger partial charge in [0.05, 0.1) is 6.42 Å². The van der Waals surface area contributed by atoms with Crippen molar-refractivity contribution in [3.05, 3.63) is 11.6 Å². The molecule has 4 amide bonds. The van der Waals surface area contributed by atoms with E-state index in [0.29, 0.717) is 17.1 Å². The van der Waals surface area contributed by atoms with Crippen molar-refractivity contribution in [2.45, 2.75) is 51.9 Å². The summed E-state index contributed by atoms with van der Waals surface area (Å²) in [6.07, 6.45) is 4.41. The molecule has 0 bridgehead atoms. The van der Waals surface area contributed by atoms with Crippen LogP contribution in [0.3, 0.4) is 0 Å². The monoisotopic (exact) mass is 336 g/mol. The fourth-order valence-electron chi connectivity index (χ4n) is 2.53. The number of rotatable bonds is 8. The van der Waals surface area contributed by atoms with E-state index >= 15 is 0 Å². The maximum atomic E-state index is 12.1. The SMILES string of the molecule is CCCCCC1=CC(=O)N(CCC(=O)ON2C(=O)CCC2=O)C1=O. The van der Waals surface area contributed by atoms with Gasteiger partial charge in [0, 0.05) is 31.0 Å². The second-order valence-corrected chi connectivity index (χ2v) is 5.72. The van der Waals surface area contributed by atoms with Crippen LogP contribution in [-0.2, 0) is 28.8 Å². The smallest absolute Gasteiger partial charge is 0.330 e. The number of nitrogens with zero attached hydrogens (tertiary/aromatic N) is 2. The largest absolute Gasteiger partial charge is 0.335 e. The van der Waals surface area contributed by atoms with Crippen molar-refractivity contribution < 1.29 is 28.8 Å². The number of carbonyl (C=O) groups excluding carboxylic acids is 5. The van der Waals surface area contributed by atoms with Crippen LogP contribution in [0.25, 0.3) is 0 Å². The maximum absolute atomic E-state index is 12.1. The van der Waals surface area contributed by atoms with E-state index in [1.807, 2.05) is 6.92 Å². The van der Waals surface area contributed by atoms with Crippen LogP contribution < -0.4 is 0 Å². The minimum absolute atomic E-state index is 0.0141. The summed E-state index contributed by atoms with van der Waals surface area (Å²) < 4.78 is 0. The predicted octanol–water partition coefficient (Wildman–Crippen LogP) is 0.859. The zero-order chi connectivity index (χ0) is 17.7. The molecular formula is C16H20N2O6. The molecule has 0 saturated carbocycles. The number of amides is 4. The Morgan fingerprint density at radius 2 is 1.79 bits per heavy atom. The van der Waals surface area contributed by atoms with Crippen LogP contribution in [0.2, 0.25) is 0 Å². The molecule has 0 aromatic rings. The molecule has 0 N–H and O–H groups in total. The lowest BCUT2D eigenvalue weighted by atomic mass is 10.1. The van der Waals surface area contributed by atoms with Crippen LogP contribution in [0, 0.1) is 0 Å². The molecule has 24 heavy (non-hydrogen) atoms. The van der Waals surface area contributed by atoms with Crippen molar-refractivity contribution in [2.75, 3.05) is 6.54 Å². The summed E-state index contributed by atoms with van der Waals surface area (Å²) in [5, 5.41) is 0.449. The average molecular weight is 336 g/mol. The van der Waals surface area contributed by atoms with E-state index in [1.165, 1.54) is 6.08 Å². The van der Waals surface area contributed by atoms with Crippen LogP contribution in [0.15, 0.2) is 11.6 Å². The Kier molecular flexibility index (Phi) is 5.83. The standard InChI is InChI=1S/C16H20N2O6/c1-2-3-4-5-11-10-14(21)17(16(11)23)9-8-15(22)24-18-12(19)6-7-13(18)20/h10H,2-9H2,1H3. The average Bonchev–Trinajstić information content (AvgIpc) is 2.99. The zero-order valence-corrected chi connectivity index (χ0v) is 13.6. The van der Waals surface area contributed by atoms with E-state index in [2.05, 4.69) is 0 Å². The molecule has 0 aromatic heterocycles. The normalized spacial score (nSPS) is 17.8. The molecule has 0 atom stereocenters. The highest BCUT2D eigenvalue weighted by Crippen LogP contribution is 2.19. The fourth-order valence-corrected chi connectivity index (χ4v) is 2.53. The van der Waals surface area contributed by atoms with Crippen molar-refractivity contribution in [2.24, 2.45) is 0 Å². The third-order valence-corrected chi connectivity index (χ3v) is 3.87. The molecule has 0 spiro atoms. The summed E-state index contributed by atoms with van der Waals surface area (Å²) in [5.74, 6) is -2.81. The van der Waals surface area contributed by atoms with Crippen molar-refractivity contribution in [1.29, 1.82) is 0 Å². The van der Waals surface area contributed by atoms with Crippen LogP contribution in [0.4, 0.5) is 0 Å². The zero-order valence-electron chi connectivity index (χ0n) is 13.6. The molecule has 2 aliphatic heterocycles. The van der Waals surface area contributed by atoms with E-state index in [0.717, 1.165) is 24.2 Å². The van der Waals surface area contributed by atoms with E-state index < -0.39 is 29.6 Å². The minimum atomic E-state index is -0.835. The summed E-state index contributed by atoms with van der Waals surface area (Å²) in [7, 11) is 0. The van der Waals surface area contributed by atoms with Crippen LogP contribution in [-0.4, -0.2) is 46.1 Å². The Morgan fingerprint density at radius 1 is 1.12 bits per heavy atom. The van der Waals surface area contributed by atoms with Gasteiger partial charge < -0.3 is 4.84 Å². The van der Waals surface area contributed by atoms with E-state index in [1.54, 1.807) is 0 Å². The van der Waals surface area contributed by atoms with Gasteiger partial charge >= 0.3 is 5.97 Å². The third kappa shape index (κ3) is 4.06. The molecule has 1 saturated heterocycles. The number of hydrogen-bond donors (Lipinski definition) is 0. The summed E-state index contributed by atoms with van der Waals surface area (Å²) in [6, 6.07) is 0. The Morgan fingerprint density at radius 3 is 2.42 bits per heavy atom. The highest BCUT2D eigenvalue weighted by atomic mass is 16.7. The predicted molar refractivity (Wildman–Crippen MR) is 80.7 cm³/mol. The van der Waals surface area contributed by atoms with Gasteiger partial charge in [-0.3, -0.25) is 24.1 Å². The van der Waals surface area contributed by atoms with Crippen molar-refractivity contribution in [3.63, 3.8) is 0 Å². The molecule has 2 rings (SSSR count). The first-order chi connectivity index (χ1) is 11.4. The first-order valence-corrected chi connectivity index (χ1v) is 8.07. The van der Waals surface area contributed by atoms with Gasteiger partial charge in [0.1, 0.15) is 0 Å².